The molecule has 25 heavy (non-hydrogen) atoms. The number of rotatable bonds is 2. The maximum atomic E-state index is 12.8. The van der Waals surface area contributed by atoms with Crippen molar-refractivity contribution in [2.45, 2.75) is 38.5 Å². The van der Waals surface area contributed by atoms with E-state index in [2.05, 4.69) is 0 Å². The highest BCUT2D eigenvalue weighted by molar-refractivity contribution is 7.93. The fourth-order valence-corrected chi connectivity index (χ4v) is 6.23. The number of benzene rings is 1. The van der Waals surface area contributed by atoms with Crippen LogP contribution in [0.2, 0.25) is 0 Å². The SMILES string of the molecule is O=C(c1ccc(N2CCCS2(=O)=O)cc1)N1CC[C@@H]2CCCC[C@@H]2C1. The molecule has 0 unspecified atom stereocenters. The Labute approximate surface area is 150 Å². The number of nitrogens with zero attached hydrogens (tertiary/aromatic N) is 2. The van der Waals surface area contributed by atoms with Gasteiger partial charge in [0, 0.05) is 25.2 Å². The first kappa shape index (κ1) is 16.9. The van der Waals surface area contributed by atoms with Gasteiger partial charge in [0.2, 0.25) is 10.0 Å². The Kier molecular flexibility index (Phi) is 4.48. The van der Waals surface area contributed by atoms with Crippen molar-refractivity contribution < 1.29 is 13.2 Å². The van der Waals surface area contributed by atoms with Crippen molar-refractivity contribution in [3.05, 3.63) is 29.8 Å². The summed E-state index contributed by atoms with van der Waals surface area (Å²) in [5, 5.41) is 0. The highest BCUT2D eigenvalue weighted by Crippen LogP contribution is 2.36. The van der Waals surface area contributed by atoms with Crippen molar-refractivity contribution in [2.24, 2.45) is 11.8 Å². The van der Waals surface area contributed by atoms with E-state index in [4.69, 9.17) is 0 Å². The molecule has 0 spiro atoms. The van der Waals surface area contributed by atoms with Crippen molar-refractivity contribution in [2.75, 3.05) is 29.7 Å². The lowest BCUT2D eigenvalue weighted by Crippen LogP contribution is -2.44. The number of hydrogen-bond acceptors (Lipinski definition) is 3. The van der Waals surface area contributed by atoms with E-state index < -0.39 is 10.0 Å². The van der Waals surface area contributed by atoms with Crippen LogP contribution in [0.5, 0.6) is 0 Å². The topological polar surface area (TPSA) is 57.7 Å². The van der Waals surface area contributed by atoms with Crippen molar-refractivity contribution in [3.8, 4) is 0 Å². The molecule has 0 radical (unpaired) electrons. The van der Waals surface area contributed by atoms with E-state index in [1.165, 1.54) is 30.0 Å². The molecule has 1 aromatic carbocycles. The van der Waals surface area contributed by atoms with Gasteiger partial charge < -0.3 is 4.90 Å². The first-order valence-corrected chi connectivity index (χ1v) is 11.1. The molecule has 2 saturated heterocycles. The van der Waals surface area contributed by atoms with Crippen molar-refractivity contribution >= 4 is 21.6 Å². The van der Waals surface area contributed by atoms with Gasteiger partial charge in [-0.1, -0.05) is 19.3 Å². The molecule has 2 heterocycles. The summed E-state index contributed by atoms with van der Waals surface area (Å²) in [5.41, 5.74) is 1.33. The second kappa shape index (κ2) is 6.63. The Morgan fingerprint density at radius 1 is 0.920 bits per heavy atom. The standard InChI is InChI=1S/C19H26N2O3S/c22-19(20-12-10-15-4-1-2-5-17(15)14-20)16-6-8-18(9-7-16)21-11-3-13-25(21,23)24/h6-9,15,17H,1-5,10-14H2/t15-,17+/m0/s1. The Balaban J connectivity index is 1.46. The first-order chi connectivity index (χ1) is 12.0. The van der Waals surface area contributed by atoms with Gasteiger partial charge in [-0.3, -0.25) is 9.10 Å². The predicted molar refractivity (Wildman–Crippen MR) is 98.2 cm³/mol. The van der Waals surface area contributed by atoms with E-state index in [0.29, 0.717) is 30.1 Å². The van der Waals surface area contributed by atoms with Crippen LogP contribution in [-0.2, 0) is 10.0 Å². The third-order valence-electron chi connectivity index (χ3n) is 6.08. The van der Waals surface area contributed by atoms with Crippen LogP contribution in [0.1, 0.15) is 48.9 Å². The summed E-state index contributed by atoms with van der Waals surface area (Å²) in [7, 11) is -3.17. The third kappa shape index (κ3) is 3.28. The molecule has 1 aromatic rings. The van der Waals surface area contributed by atoms with Crippen LogP contribution in [0.4, 0.5) is 5.69 Å². The number of amides is 1. The van der Waals surface area contributed by atoms with Gasteiger partial charge in [-0.05, 0) is 55.4 Å². The van der Waals surface area contributed by atoms with Crippen LogP contribution in [0.15, 0.2) is 24.3 Å². The minimum atomic E-state index is -3.17. The zero-order valence-electron chi connectivity index (χ0n) is 14.6. The number of sulfonamides is 1. The fourth-order valence-electron chi connectivity index (χ4n) is 4.67. The number of fused-ring (bicyclic) bond motifs is 1. The van der Waals surface area contributed by atoms with Gasteiger partial charge in [-0.15, -0.1) is 0 Å². The van der Waals surface area contributed by atoms with E-state index in [-0.39, 0.29) is 11.7 Å². The van der Waals surface area contributed by atoms with E-state index in [1.54, 1.807) is 24.3 Å². The van der Waals surface area contributed by atoms with Crippen LogP contribution in [0, 0.1) is 11.8 Å². The van der Waals surface area contributed by atoms with Gasteiger partial charge in [0.1, 0.15) is 0 Å². The second-order valence-corrected chi connectivity index (χ2v) is 9.65. The van der Waals surface area contributed by atoms with E-state index in [0.717, 1.165) is 25.4 Å². The Morgan fingerprint density at radius 3 is 2.32 bits per heavy atom. The maximum Gasteiger partial charge on any atom is 0.253 e. The molecule has 2 atom stereocenters. The summed E-state index contributed by atoms with van der Waals surface area (Å²) in [6.45, 7) is 2.26. The molecular formula is C19H26N2O3S. The summed E-state index contributed by atoms with van der Waals surface area (Å²) in [5.74, 6) is 1.77. The van der Waals surface area contributed by atoms with Crippen molar-refractivity contribution in [3.63, 3.8) is 0 Å². The number of carbonyl (C=O) groups excluding carboxylic acids is 1. The Bertz CT molecular complexity index is 744. The van der Waals surface area contributed by atoms with Crippen molar-refractivity contribution in [1.82, 2.24) is 4.90 Å². The largest absolute Gasteiger partial charge is 0.338 e. The number of hydrogen-bond donors (Lipinski definition) is 0. The Morgan fingerprint density at radius 2 is 1.64 bits per heavy atom. The number of piperidine rings is 1. The molecule has 3 fully saturated rings. The van der Waals surface area contributed by atoms with E-state index >= 15 is 0 Å². The maximum absolute atomic E-state index is 12.8. The third-order valence-corrected chi connectivity index (χ3v) is 7.95. The molecule has 1 saturated carbocycles. The lowest BCUT2D eigenvalue weighted by atomic mass is 9.75. The molecule has 136 valence electrons. The zero-order valence-corrected chi connectivity index (χ0v) is 15.4. The number of carbonyl (C=O) groups is 1. The van der Waals surface area contributed by atoms with Gasteiger partial charge in [-0.2, -0.15) is 0 Å². The molecule has 1 amide bonds. The van der Waals surface area contributed by atoms with Crippen LogP contribution in [0.25, 0.3) is 0 Å². The van der Waals surface area contributed by atoms with Gasteiger partial charge in [-0.25, -0.2) is 8.42 Å². The van der Waals surface area contributed by atoms with Gasteiger partial charge in [0.15, 0.2) is 0 Å². The normalized spacial score (nSPS) is 28.6. The summed E-state index contributed by atoms with van der Waals surface area (Å²) in [6.07, 6.45) is 7.00. The zero-order chi connectivity index (χ0) is 17.4. The molecule has 2 aliphatic heterocycles. The summed E-state index contributed by atoms with van der Waals surface area (Å²) >= 11 is 0. The molecule has 6 heteroatoms. The van der Waals surface area contributed by atoms with Crippen molar-refractivity contribution in [1.29, 1.82) is 0 Å². The summed E-state index contributed by atoms with van der Waals surface area (Å²) in [6, 6.07) is 7.09. The van der Waals surface area contributed by atoms with Crippen LogP contribution < -0.4 is 4.31 Å². The van der Waals surface area contributed by atoms with Gasteiger partial charge >= 0.3 is 0 Å². The molecule has 5 nitrogen and oxygen atoms in total. The average molecular weight is 362 g/mol. The fraction of sp³-hybridized carbons (Fsp3) is 0.632. The minimum absolute atomic E-state index is 0.0832. The average Bonchev–Trinajstić information content (AvgIpc) is 3.00. The van der Waals surface area contributed by atoms with E-state index in [1.807, 2.05) is 4.90 Å². The summed E-state index contributed by atoms with van der Waals surface area (Å²) < 4.78 is 25.5. The lowest BCUT2D eigenvalue weighted by molar-refractivity contribution is 0.0521. The van der Waals surface area contributed by atoms with E-state index in [9.17, 15) is 13.2 Å². The number of likely N-dealkylation sites (tertiary alicyclic amines) is 1. The molecular weight excluding hydrogens is 336 g/mol. The molecule has 0 bridgehead atoms. The molecule has 3 aliphatic rings. The summed E-state index contributed by atoms with van der Waals surface area (Å²) in [4.78, 5) is 14.8. The molecule has 0 aromatic heterocycles. The quantitative estimate of drug-likeness (QED) is 0.813. The molecule has 0 N–H and O–H groups in total. The monoisotopic (exact) mass is 362 g/mol. The highest BCUT2D eigenvalue weighted by Gasteiger charge is 2.33. The van der Waals surface area contributed by atoms with Gasteiger partial charge in [0.05, 0.1) is 11.4 Å². The van der Waals surface area contributed by atoms with Crippen LogP contribution >= 0.6 is 0 Å². The first-order valence-electron chi connectivity index (χ1n) is 9.44. The molecule has 4 rings (SSSR count). The second-order valence-electron chi connectivity index (χ2n) is 7.63. The molecule has 1 aliphatic carbocycles. The Hall–Kier alpha value is -1.56. The highest BCUT2D eigenvalue weighted by atomic mass is 32.2. The smallest absolute Gasteiger partial charge is 0.253 e. The number of anilines is 1. The van der Waals surface area contributed by atoms with Crippen LogP contribution in [-0.4, -0.2) is 44.6 Å². The lowest BCUT2D eigenvalue weighted by Gasteiger charge is -2.41. The predicted octanol–water partition coefficient (Wildman–Crippen LogP) is 2.88. The minimum Gasteiger partial charge on any atom is -0.338 e. The van der Waals surface area contributed by atoms with Crippen LogP contribution in [0.3, 0.4) is 0 Å². The van der Waals surface area contributed by atoms with Gasteiger partial charge in [0.25, 0.3) is 5.91 Å².